The lowest BCUT2D eigenvalue weighted by atomic mass is 9.96. The van der Waals surface area contributed by atoms with E-state index in [2.05, 4.69) is 4.98 Å². The van der Waals surface area contributed by atoms with Gasteiger partial charge < -0.3 is 10.7 Å². The highest BCUT2D eigenvalue weighted by atomic mass is 35.5. The van der Waals surface area contributed by atoms with E-state index in [0.29, 0.717) is 17.0 Å². The van der Waals surface area contributed by atoms with Gasteiger partial charge in [0, 0.05) is 16.1 Å². The van der Waals surface area contributed by atoms with Crippen LogP contribution in [0.5, 0.6) is 0 Å². The molecule has 2 rings (SSSR count). The van der Waals surface area contributed by atoms with Gasteiger partial charge in [-0.3, -0.25) is 4.79 Å². The van der Waals surface area contributed by atoms with Crippen molar-refractivity contribution < 1.29 is 0 Å². The van der Waals surface area contributed by atoms with Crippen LogP contribution in [-0.2, 0) is 6.42 Å². The first kappa shape index (κ1) is 13.1. The van der Waals surface area contributed by atoms with Gasteiger partial charge in [0.2, 0.25) is 0 Å². The Balaban J connectivity index is 2.64. The average Bonchev–Trinajstić information content (AvgIpc) is 2.24. The topological polar surface area (TPSA) is 58.9 Å². The molecule has 0 aliphatic carbocycles. The molecule has 0 amide bonds. The second-order valence-corrected chi connectivity index (χ2v) is 5.83. The van der Waals surface area contributed by atoms with Crippen LogP contribution in [0.1, 0.15) is 25.0 Å². The second-order valence-electron chi connectivity index (χ2n) is 5.43. The molecule has 0 saturated heterocycles. The molecule has 18 heavy (non-hydrogen) atoms. The van der Waals surface area contributed by atoms with E-state index in [1.54, 1.807) is 0 Å². The van der Waals surface area contributed by atoms with Crippen molar-refractivity contribution in [3.05, 3.63) is 44.7 Å². The summed E-state index contributed by atoms with van der Waals surface area (Å²) in [5.41, 5.74) is 7.86. The minimum Gasteiger partial charge on any atom is -0.325 e. The molecule has 0 aliphatic heterocycles. The Bertz CT molecular complexity index is 653. The van der Waals surface area contributed by atoms with E-state index >= 15 is 0 Å². The summed E-state index contributed by atoms with van der Waals surface area (Å²) in [4.78, 5) is 14.9. The zero-order valence-corrected chi connectivity index (χ0v) is 11.6. The summed E-state index contributed by atoms with van der Waals surface area (Å²) in [7, 11) is 0. The number of aromatic nitrogens is 1. The number of fused-ring (bicyclic) bond motifs is 1. The number of rotatable bonds is 2. The first-order valence-corrected chi connectivity index (χ1v) is 6.25. The van der Waals surface area contributed by atoms with Crippen LogP contribution in [0.25, 0.3) is 10.9 Å². The predicted molar refractivity (Wildman–Crippen MR) is 76.3 cm³/mol. The van der Waals surface area contributed by atoms with Crippen LogP contribution in [0.2, 0.25) is 5.02 Å². The highest BCUT2D eigenvalue weighted by Gasteiger charge is 2.15. The number of nitrogens with two attached hydrogens (primary N) is 1. The fraction of sp³-hybridized carbons (Fsp3) is 0.357. The van der Waals surface area contributed by atoms with Crippen LogP contribution >= 0.6 is 11.6 Å². The normalized spacial score (nSPS) is 12.1. The Kier molecular flexibility index (Phi) is 3.21. The zero-order chi connectivity index (χ0) is 13.5. The number of benzene rings is 1. The van der Waals surface area contributed by atoms with E-state index in [9.17, 15) is 4.79 Å². The van der Waals surface area contributed by atoms with E-state index in [1.807, 2.05) is 39.0 Å². The molecule has 0 aliphatic rings. The van der Waals surface area contributed by atoms with Gasteiger partial charge in [0.15, 0.2) is 0 Å². The SMILES string of the molecule is Cc1c(Cl)ccc2cc(CC(C)(C)N)c(=O)[nH]c12. The number of hydrogen-bond acceptors (Lipinski definition) is 2. The second kappa shape index (κ2) is 4.41. The molecule has 3 N–H and O–H groups in total. The van der Waals surface area contributed by atoms with Gasteiger partial charge in [-0.05, 0) is 50.3 Å². The smallest absolute Gasteiger partial charge is 0.251 e. The van der Waals surface area contributed by atoms with Crippen molar-refractivity contribution in [2.75, 3.05) is 0 Å². The van der Waals surface area contributed by atoms with Crippen LogP contribution in [0.3, 0.4) is 0 Å². The van der Waals surface area contributed by atoms with Gasteiger partial charge in [0.25, 0.3) is 5.56 Å². The Morgan fingerprint density at radius 1 is 1.39 bits per heavy atom. The highest BCUT2D eigenvalue weighted by molar-refractivity contribution is 6.32. The monoisotopic (exact) mass is 264 g/mol. The number of H-pyrrole nitrogens is 1. The van der Waals surface area contributed by atoms with Gasteiger partial charge in [-0.15, -0.1) is 0 Å². The molecule has 0 fully saturated rings. The van der Waals surface area contributed by atoms with Crippen molar-refractivity contribution in [2.24, 2.45) is 5.73 Å². The fourth-order valence-corrected chi connectivity index (χ4v) is 2.22. The lowest BCUT2D eigenvalue weighted by molar-refractivity contribution is 0.514. The minimum absolute atomic E-state index is 0.0913. The maximum Gasteiger partial charge on any atom is 0.251 e. The first-order chi connectivity index (χ1) is 8.28. The van der Waals surface area contributed by atoms with E-state index < -0.39 is 5.54 Å². The van der Waals surface area contributed by atoms with Crippen molar-refractivity contribution >= 4 is 22.5 Å². The van der Waals surface area contributed by atoms with Crippen molar-refractivity contribution in [3.63, 3.8) is 0 Å². The zero-order valence-electron chi connectivity index (χ0n) is 10.8. The Morgan fingerprint density at radius 3 is 2.67 bits per heavy atom. The predicted octanol–water partition coefficient (Wildman–Crippen LogP) is 2.77. The molecule has 0 spiro atoms. The Morgan fingerprint density at radius 2 is 2.06 bits per heavy atom. The molecule has 96 valence electrons. The molecule has 0 atom stereocenters. The number of halogens is 1. The lowest BCUT2D eigenvalue weighted by Gasteiger charge is -2.18. The van der Waals surface area contributed by atoms with Crippen molar-refractivity contribution in [2.45, 2.75) is 32.7 Å². The van der Waals surface area contributed by atoms with Crippen LogP contribution in [-0.4, -0.2) is 10.5 Å². The molecule has 1 heterocycles. The van der Waals surface area contributed by atoms with Gasteiger partial charge in [-0.1, -0.05) is 17.7 Å². The molecule has 0 bridgehead atoms. The summed E-state index contributed by atoms with van der Waals surface area (Å²) < 4.78 is 0. The number of nitrogens with one attached hydrogen (secondary N) is 1. The van der Waals surface area contributed by atoms with Crippen LogP contribution in [0.4, 0.5) is 0 Å². The number of aryl methyl sites for hydroxylation is 1. The van der Waals surface area contributed by atoms with Gasteiger partial charge in [-0.2, -0.15) is 0 Å². The maximum atomic E-state index is 12.0. The molecule has 2 aromatic rings. The van der Waals surface area contributed by atoms with Crippen molar-refractivity contribution in [3.8, 4) is 0 Å². The largest absolute Gasteiger partial charge is 0.325 e. The molecular weight excluding hydrogens is 248 g/mol. The number of hydrogen-bond donors (Lipinski definition) is 2. The third kappa shape index (κ3) is 2.57. The highest BCUT2D eigenvalue weighted by Crippen LogP contribution is 2.23. The summed E-state index contributed by atoms with van der Waals surface area (Å²) in [6.07, 6.45) is 0.542. The van der Waals surface area contributed by atoms with Gasteiger partial charge in [0.05, 0.1) is 5.52 Å². The summed E-state index contributed by atoms with van der Waals surface area (Å²) >= 11 is 6.04. The van der Waals surface area contributed by atoms with Crippen LogP contribution < -0.4 is 11.3 Å². The summed E-state index contributed by atoms with van der Waals surface area (Å²) in [5, 5.41) is 1.64. The van der Waals surface area contributed by atoms with E-state index in [1.165, 1.54) is 0 Å². The number of aromatic amines is 1. The minimum atomic E-state index is -0.401. The van der Waals surface area contributed by atoms with E-state index in [-0.39, 0.29) is 5.56 Å². The van der Waals surface area contributed by atoms with Gasteiger partial charge in [-0.25, -0.2) is 0 Å². The quantitative estimate of drug-likeness (QED) is 0.876. The molecule has 0 saturated carbocycles. The van der Waals surface area contributed by atoms with Crippen LogP contribution in [0.15, 0.2) is 23.0 Å². The molecule has 0 radical (unpaired) electrons. The summed E-state index contributed by atoms with van der Waals surface area (Å²) in [6, 6.07) is 5.65. The Hall–Kier alpha value is -1.32. The first-order valence-electron chi connectivity index (χ1n) is 5.88. The third-order valence-corrected chi connectivity index (χ3v) is 3.35. The third-order valence-electron chi connectivity index (χ3n) is 2.94. The van der Waals surface area contributed by atoms with Gasteiger partial charge >= 0.3 is 0 Å². The maximum absolute atomic E-state index is 12.0. The summed E-state index contributed by atoms with van der Waals surface area (Å²) in [5.74, 6) is 0. The molecule has 0 unspecified atom stereocenters. The molecule has 4 heteroatoms. The standard InChI is InChI=1S/C14H17ClN2O/c1-8-11(15)5-4-9-6-10(7-14(2,3)16)13(18)17-12(8)9/h4-6H,7,16H2,1-3H3,(H,17,18). The van der Waals surface area contributed by atoms with Gasteiger partial charge in [0.1, 0.15) is 0 Å². The molecule has 3 nitrogen and oxygen atoms in total. The van der Waals surface area contributed by atoms with Crippen LogP contribution in [0, 0.1) is 6.92 Å². The Labute approximate surface area is 111 Å². The fourth-order valence-electron chi connectivity index (χ4n) is 2.06. The van der Waals surface area contributed by atoms with E-state index in [0.717, 1.165) is 16.5 Å². The summed E-state index contributed by atoms with van der Waals surface area (Å²) in [6.45, 7) is 5.71. The molecule has 1 aromatic carbocycles. The molecule has 1 aromatic heterocycles. The van der Waals surface area contributed by atoms with E-state index in [4.69, 9.17) is 17.3 Å². The lowest BCUT2D eigenvalue weighted by Crippen LogP contribution is -2.36. The average molecular weight is 265 g/mol. The van der Waals surface area contributed by atoms with Crippen molar-refractivity contribution in [1.82, 2.24) is 4.98 Å². The number of pyridine rings is 1. The molecular formula is C14H17ClN2O. The van der Waals surface area contributed by atoms with Crippen molar-refractivity contribution in [1.29, 1.82) is 0 Å².